The molecule has 11 nitrogen and oxygen atoms in total. The minimum absolute atomic E-state index is 0.0232. The molecule has 3 aliphatic heterocycles. The van der Waals surface area contributed by atoms with Gasteiger partial charge < -0.3 is 25.8 Å². The van der Waals surface area contributed by atoms with Crippen molar-refractivity contribution in [1.29, 1.82) is 0 Å². The Kier molecular flexibility index (Phi) is 7.85. The highest BCUT2D eigenvalue weighted by atomic mass is 35.5. The Hall–Kier alpha value is -4.31. The van der Waals surface area contributed by atoms with E-state index in [2.05, 4.69) is 24.8 Å². The highest BCUT2D eigenvalue weighted by Crippen LogP contribution is 2.49. The molecule has 0 unspecified atom stereocenters. The molecule has 0 saturated carbocycles. The minimum atomic E-state index is -5.04. The summed E-state index contributed by atoms with van der Waals surface area (Å²) in [7, 11) is 0. The van der Waals surface area contributed by atoms with Gasteiger partial charge in [0.25, 0.3) is 0 Å². The van der Waals surface area contributed by atoms with E-state index in [1.54, 1.807) is 12.3 Å². The second kappa shape index (κ2) is 11.7. The van der Waals surface area contributed by atoms with Crippen LogP contribution in [-0.2, 0) is 6.18 Å². The summed E-state index contributed by atoms with van der Waals surface area (Å²) < 4.78 is 84.6. The number of fused-ring (bicyclic) bond motifs is 1. The fraction of sp³-hybridized carbons (Fsp3) is 0.452. The molecule has 7 heterocycles. The number of rotatable bonds is 6. The molecule has 4 aromatic rings. The Morgan fingerprint density at radius 1 is 1.15 bits per heavy atom. The third-order valence-electron chi connectivity index (χ3n) is 9.48. The Bertz CT molecular complexity index is 1930. The van der Waals surface area contributed by atoms with E-state index >= 15 is 0 Å². The maximum absolute atomic E-state index is 14.7. The van der Waals surface area contributed by atoms with Crippen molar-refractivity contribution in [3.63, 3.8) is 0 Å². The average molecular weight is 692 g/mol. The van der Waals surface area contributed by atoms with Gasteiger partial charge in [-0.2, -0.15) is 23.1 Å². The first-order valence-electron chi connectivity index (χ1n) is 15.3. The normalized spacial score (nSPS) is 21.7. The highest BCUT2D eigenvalue weighted by Gasteiger charge is 2.49. The predicted molar refractivity (Wildman–Crippen MR) is 168 cm³/mol. The zero-order chi connectivity index (χ0) is 34.1. The summed E-state index contributed by atoms with van der Waals surface area (Å²) in [5.41, 5.74) is 8.56. The quantitative estimate of drug-likeness (QED) is 0.241. The molecule has 0 bridgehead atoms. The van der Waals surface area contributed by atoms with E-state index in [0.717, 1.165) is 26.3 Å². The van der Waals surface area contributed by atoms with Crippen LogP contribution in [0.15, 0.2) is 18.3 Å². The van der Waals surface area contributed by atoms with Crippen LogP contribution in [0.2, 0.25) is 5.02 Å². The molecule has 48 heavy (non-hydrogen) atoms. The van der Waals surface area contributed by atoms with Crippen LogP contribution in [0.5, 0.6) is 11.8 Å². The number of hydrogen-bond acceptors (Lipinski definition) is 11. The fourth-order valence-corrected chi connectivity index (χ4v) is 7.47. The highest BCUT2D eigenvalue weighted by molar-refractivity contribution is 6.36. The molecule has 254 valence electrons. The van der Waals surface area contributed by atoms with E-state index in [1.807, 2.05) is 17.9 Å². The number of halogens is 6. The number of nitrogen functional groups attached to an aromatic ring is 2. The van der Waals surface area contributed by atoms with Gasteiger partial charge in [-0.05, 0) is 39.3 Å². The largest absolute Gasteiger partial charge is 0.489 e. The average Bonchev–Trinajstić information content (AvgIpc) is 3.48. The lowest BCUT2D eigenvalue weighted by atomic mass is 9.95. The van der Waals surface area contributed by atoms with Gasteiger partial charge >= 0.3 is 12.2 Å². The molecule has 0 amide bonds. The van der Waals surface area contributed by atoms with Gasteiger partial charge in [0, 0.05) is 30.3 Å². The summed E-state index contributed by atoms with van der Waals surface area (Å²) in [5, 5.41) is -0.117. The zero-order valence-electron chi connectivity index (χ0n) is 25.9. The van der Waals surface area contributed by atoms with Crippen molar-refractivity contribution in [3.8, 4) is 23.1 Å². The lowest BCUT2D eigenvalue weighted by Gasteiger charge is -2.32. The van der Waals surface area contributed by atoms with Crippen LogP contribution < -0.4 is 25.8 Å². The number of nitrogens with two attached hydrogens (primary N) is 2. The lowest BCUT2D eigenvalue weighted by molar-refractivity contribution is -0.137. The summed E-state index contributed by atoms with van der Waals surface area (Å²) in [5.74, 6) is -1.54. The van der Waals surface area contributed by atoms with Gasteiger partial charge in [0.05, 0.1) is 23.7 Å². The predicted octanol–water partition coefficient (Wildman–Crippen LogP) is 5.68. The van der Waals surface area contributed by atoms with Crippen LogP contribution in [0.3, 0.4) is 0 Å². The van der Waals surface area contributed by atoms with E-state index in [-0.39, 0.29) is 53.4 Å². The number of nitrogens with zero attached hydrogens (tertiary/aromatic N) is 7. The molecule has 7 rings (SSSR count). The van der Waals surface area contributed by atoms with Gasteiger partial charge in [0.1, 0.15) is 52.8 Å². The molecule has 4 N–H and O–H groups in total. The molecule has 0 radical (unpaired) electrons. The maximum atomic E-state index is 14.7. The summed E-state index contributed by atoms with van der Waals surface area (Å²) in [6.45, 7) is 4.23. The van der Waals surface area contributed by atoms with Gasteiger partial charge in [0.15, 0.2) is 23.0 Å². The smallest absolute Gasteiger partial charge is 0.418 e. The molecule has 3 atom stereocenters. The third-order valence-corrected chi connectivity index (χ3v) is 9.83. The topological polar surface area (TPSA) is 141 Å². The Balaban J connectivity index is 1.43. The number of anilines is 3. The number of ether oxygens (including phenoxy) is 2. The van der Waals surface area contributed by atoms with Crippen molar-refractivity contribution in [3.05, 3.63) is 45.9 Å². The Morgan fingerprint density at radius 3 is 2.69 bits per heavy atom. The minimum Gasteiger partial charge on any atom is -0.489 e. The first kappa shape index (κ1) is 32.2. The Labute approximate surface area is 276 Å². The first-order valence-corrected chi connectivity index (χ1v) is 15.7. The van der Waals surface area contributed by atoms with E-state index in [9.17, 15) is 22.0 Å². The summed E-state index contributed by atoms with van der Waals surface area (Å²) >= 11 is 6.79. The Morgan fingerprint density at radius 2 is 1.94 bits per heavy atom. The van der Waals surface area contributed by atoms with E-state index in [0.29, 0.717) is 24.3 Å². The van der Waals surface area contributed by atoms with E-state index in [1.165, 1.54) is 0 Å². The van der Waals surface area contributed by atoms with Crippen LogP contribution in [0, 0.1) is 12.7 Å². The van der Waals surface area contributed by atoms with Gasteiger partial charge in [-0.25, -0.2) is 23.7 Å². The maximum Gasteiger partial charge on any atom is 0.418 e. The molecule has 2 saturated heterocycles. The molecule has 2 fully saturated rings. The molecule has 4 aromatic heterocycles. The van der Waals surface area contributed by atoms with Crippen LogP contribution >= 0.6 is 11.6 Å². The molecule has 3 aliphatic rings. The van der Waals surface area contributed by atoms with Crippen molar-refractivity contribution in [2.45, 2.75) is 57.0 Å². The SMILES string of the molecule is Cc1c(F)c(N)nc(-c2nc3nc(OC[C@@]45CCCN4C[C@H](F)C5)nc4c3c(c2Cl)OCCN4[C@H](C)c2cccnc2N)c1C(F)(F)F. The van der Waals surface area contributed by atoms with Gasteiger partial charge in [-0.15, -0.1) is 0 Å². The molecule has 17 heteroatoms. The van der Waals surface area contributed by atoms with Crippen molar-refractivity contribution < 1.29 is 31.4 Å². The van der Waals surface area contributed by atoms with Crippen LogP contribution in [-0.4, -0.2) is 74.4 Å². The number of alkyl halides is 4. The standard InChI is InChI=1S/C31H31ClF5N9O2/c1-14-19(31(35,36)37)22(41-26(39)21(14)34)23-20(32)24-18-27(42-23)43-29(48-13-30-6-4-8-45(30)12-16(33)11-30)44-28(18)46(9-10-47-24)15(2)17-5-3-7-40-25(17)38/h3,5,7,15-16H,4,6,8-13H2,1-2H3,(H2,38,40)(H2,39,41)/t15-,16-,30+/m1/s1. The monoisotopic (exact) mass is 691 g/mol. The molecule has 0 aromatic carbocycles. The zero-order valence-corrected chi connectivity index (χ0v) is 26.7. The third kappa shape index (κ3) is 5.25. The second-order valence-corrected chi connectivity index (χ2v) is 12.7. The molecule has 0 aliphatic carbocycles. The van der Waals surface area contributed by atoms with Gasteiger partial charge in [-0.3, -0.25) is 4.90 Å². The van der Waals surface area contributed by atoms with Crippen molar-refractivity contribution in [2.75, 3.05) is 49.2 Å². The van der Waals surface area contributed by atoms with E-state index < -0.39 is 58.1 Å². The number of pyridine rings is 3. The fourth-order valence-electron chi connectivity index (χ4n) is 7.19. The van der Waals surface area contributed by atoms with Crippen molar-refractivity contribution in [2.24, 2.45) is 0 Å². The number of hydrogen-bond donors (Lipinski definition) is 2. The van der Waals surface area contributed by atoms with E-state index in [4.69, 9.17) is 37.5 Å². The summed E-state index contributed by atoms with van der Waals surface area (Å²) in [6, 6.07) is 3.00. The van der Waals surface area contributed by atoms with Gasteiger partial charge in [-0.1, -0.05) is 17.7 Å². The molecular formula is C31H31ClF5N9O2. The summed E-state index contributed by atoms with van der Waals surface area (Å²) in [6.07, 6.45) is -2.56. The first-order chi connectivity index (χ1) is 22.8. The van der Waals surface area contributed by atoms with Crippen LogP contribution in [0.25, 0.3) is 22.4 Å². The lowest BCUT2D eigenvalue weighted by Crippen LogP contribution is -2.43. The van der Waals surface area contributed by atoms with Gasteiger partial charge in [0.2, 0.25) is 0 Å². The van der Waals surface area contributed by atoms with Crippen molar-refractivity contribution in [1.82, 2.24) is 29.8 Å². The van der Waals surface area contributed by atoms with Crippen LogP contribution in [0.4, 0.5) is 39.4 Å². The van der Waals surface area contributed by atoms with Crippen molar-refractivity contribution >= 4 is 40.1 Å². The second-order valence-electron chi connectivity index (χ2n) is 12.3. The number of aromatic nitrogens is 5. The van der Waals surface area contributed by atoms with Crippen LogP contribution in [0.1, 0.15) is 48.9 Å². The molecular weight excluding hydrogens is 661 g/mol. The summed E-state index contributed by atoms with van der Waals surface area (Å²) in [4.78, 5) is 25.6. The molecule has 0 spiro atoms.